The fourth-order valence-corrected chi connectivity index (χ4v) is 3.85. The van der Waals surface area contributed by atoms with Crippen LogP contribution in [0.2, 0.25) is 0 Å². The maximum absolute atomic E-state index is 12.9. The normalized spacial score (nSPS) is 20.3. The van der Waals surface area contributed by atoms with Gasteiger partial charge in [0.25, 0.3) is 0 Å². The predicted molar refractivity (Wildman–Crippen MR) is 117 cm³/mol. The van der Waals surface area contributed by atoms with Crippen LogP contribution in [0, 0.1) is 5.92 Å². The molecule has 2 amide bonds. The highest BCUT2D eigenvalue weighted by molar-refractivity contribution is 5.79. The highest BCUT2D eigenvalue weighted by Crippen LogP contribution is 2.31. The standard InChI is InChI=1S/C20H26F3N3O4.C3H8/c1-19(2,3)30-18(28)25-14-5-4-12(8-14)17(27)26-7-6-16-13(11-26)9-15(10-24-16)29-20(21,22)23;1-3-2/h9-10,12,14H,4-8,11H2,1-3H3,(H,25,28);3H2,1-2H3. The molecule has 0 spiro atoms. The van der Waals surface area contributed by atoms with Gasteiger partial charge in [0.2, 0.25) is 5.91 Å². The topological polar surface area (TPSA) is 80.8 Å². The van der Waals surface area contributed by atoms with Crippen LogP contribution in [0.4, 0.5) is 18.0 Å². The lowest BCUT2D eigenvalue weighted by atomic mass is 10.0. The van der Waals surface area contributed by atoms with Gasteiger partial charge in [0.15, 0.2) is 0 Å². The molecule has 2 aliphatic rings. The molecule has 1 aliphatic heterocycles. The number of hydrogen-bond acceptors (Lipinski definition) is 5. The van der Waals surface area contributed by atoms with E-state index in [1.807, 2.05) is 0 Å². The number of carbonyl (C=O) groups is 2. The Morgan fingerprint density at radius 3 is 2.48 bits per heavy atom. The number of alkyl carbamates (subject to hydrolysis) is 1. The summed E-state index contributed by atoms with van der Waals surface area (Å²) in [4.78, 5) is 30.6. The number of carbonyl (C=O) groups excluding carboxylic acids is 2. The molecule has 7 nitrogen and oxygen atoms in total. The third-order valence-corrected chi connectivity index (χ3v) is 5.06. The van der Waals surface area contributed by atoms with Gasteiger partial charge in [0.05, 0.1) is 6.20 Å². The van der Waals surface area contributed by atoms with Crippen LogP contribution in [-0.2, 0) is 22.5 Å². The lowest BCUT2D eigenvalue weighted by Gasteiger charge is -2.30. The van der Waals surface area contributed by atoms with Crippen LogP contribution in [0.25, 0.3) is 0 Å². The van der Waals surface area contributed by atoms with Crippen LogP contribution in [0.15, 0.2) is 12.3 Å². The van der Waals surface area contributed by atoms with Crippen molar-refractivity contribution in [2.75, 3.05) is 6.54 Å². The predicted octanol–water partition coefficient (Wildman–Crippen LogP) is 4.97. The van der Waals surface area contributed by atoms with E-state index in [-0.39, 0.29) is 24.4 Å². The second-order valence-corrected chi connectivity index (χ2v) is 9.39. The Kier molecular flexibility index (Phi) is 8.97. The first kappa shape index (κ1) is 26.7. The highest BCUT2D eigenvalue weighted by Gasteiger charge is 2.36. The van der Waals surface area contributed by atoms with E-state index in [2.05, 4.69) is 28.9 Å². The summed E-state index contributed by atoms with van der Waals surface area (Å²) in [5.41, 5.74) is 0.629. The molecular formula is C23H34F3N3O4. The molecule has 0 radical (unpaired) electrons. The van der Waals surface area contributed by atoms with Gasteiger partial charge in [-0.1, -0.05) is 20.3 Å². The number of pyridine rings is 1. The summed E-state index contributed by atoms with van der Waals surface area (Å²) in [6.07, 6.45) is -0.705. The fourth-order valence-electron chi connectivity index (χ4n) is 3.85. The average Bonchev–Trinajstić information content (AvgIpc) is 3.13. The minimum absolute atomic E-state index is 0.0590. The van der Waals surface area contributed by atoms with Crippen LogP contribution in [0.1, 0.15) is 71.6 Å². The number of aromatic nitrogens is 1. The van der Waals surface area contributed by atoms with Crippen molar-refractivity contribution >= 4 is 12.0 Å². The van der Waals surface area contributed by atoms with E-state index >= 15 is 0 Å². The lowest BCUT2D eigenvalue weighted by molar-refractivity contribution is -0.274. The zero-order valence-corrected chi connectivity index (χ0v) is 19.9. The minimum Gasteiger partial charge on any atom is -0.444 e. The molecule has 1 saturated carbocycles. The van der Waals surface area contributed by atoms with E-state index in [4.69, 9.17) is 4.74 Å². The first-order valence-corrected chi connectivity index (χ1v) is 11.3. The zero-order valence-electron chi connectivity index (χ0n) is 19.9. The number of fused-ring (bicyclic) bond motifs is 1. The van der Waals surface area contributed by atoms with E-state index in [1.54, 1.807) is 25.7 Å². The van der Waals surface area contributed by atoms with Gasteiger partial charge in [0.1, 0.15) is 11.4 Å². The number of nitrogens with one attached hydrogen (secondary N) is 1. The summed E-state index contributed by atoms with van der Waals surface area (Å²) in [7, 11) is 0. The molecule has 1 N–H and O–H groups in total. The monoisotopic (exact) mass is 473 g/mol. The summed E-state index contributed by atoms with van der Waals surface area (Å²) in [5.74, 6) is -0.691. The lowest BCUT2D eigenvalue weighted by Crippen LogP contribution is -2.41. The summed E-state index contributed by atoms with van der Waals surface area (Å²) >= 11 is 0. The van der Waals surface area contributed by atoms with Gasteiger partial charge in [-0.3, -0.25) is 9.78 Å². The zero-order chi connectivity index (χ0) is 24.8. The average molecular weight is 474 g/mol. The molecule has 0 bridgehead atoms. The Morgan fingerprint density at radius 1 is 1.21 bits per heavy atom. The molecule has 0 saturated heterocycles. The molecular weight excluding hydrogens is 439 g/mol. The molecule has 3 rings (SSSR count). The molecule has 10 heteroatoms. The number of ether oxygens (including phenoxy) is 2. The van der Waals surface area contributed by atoms with Crippen molar-refractivity contribution in [3.05, 3.63) is 23.5 Å². The molecule has 1 aromatic heterocycles. The second kappa shape index (κ2) is 11.1. The first-order chi connectivity index (χ1) is 15.3. The van der Waals surface area contributed by atoms with Gasteiger partial charge in [-0.15, -0.1) is 13.2 Å². The Morgan fingerprint density at radius 2 is 1.88 bits per heavy atom. The number of rotatable bonds is 3. The van der Waals surface area contributed by atoms with E-state index in [1.165, 1.54) is 12.5 Å². The largest absolute Gasteiger partial charge is 0.573 e. The van der Waals surface area contributed by atoms with Crippen LogP contribution in [0.5, 0.6) is 5.75 Å². The third kappa shape index (κ3) is 8.74. The number of amides is 2. The third-order valence-electron chi connectivity index (χ3n) is 5.06. The molecule has 1 aliphatic carbocycles. The Labute approximate surface area is 193 Å². The number of hydrogen-bond donors (Lipinski definition) is 1. The molecule has 186 valence electrons. The van der Waals surface area contributed by atoms with Gasteiger partial charge in [-0.05, 0) is 51.7 Å². The molecule has 2 atom stereocenters. The van der Waals surface area contributed by atoms with Gasteiger partial charge < -0.3 is 19.7 Å². The van der Waals surface area contributed by atoms with Crippen molar-refractivity contribution in [2.24, 2.45) is 5.92 Å². The van der Waals surface area contributed by atoms with Crippen molar-refractivity contribution < 1.29 is 32.2 Å². The first-order valence-electron chi connectivity index (χ1n) is 11.3. The molecule has 33 heavy (non-hydrogen) atoms. The Balaban J connectivity index is 0.00000122. The minimum atomic E-state index is -4.79. The van der Waals surface area contributed by atoms with Crippen LogP contribution < -0.4 is 10.1 Å². The summed E-state index contributed by atoms with van der Waals surface area (Å²) in [6, 6.07) is 1.15. The number of alkyl halides is 3. The van der Waals surface area contributed by atoms with Crippen molar-refractivity contribution in [1.29, 1.82) is 0 Å². The SMILES string of the molecule is CC(C)(C)OC(=O)NC1CCC(C(=O)N2CCc3ncc(OC(F)(F)F)cc3C2)C1.CCC. The van der Waals surface area contributed by atoms with E-state index in [0.29, 0.717) is 43.5 Å². The fraction of sp³-hybridized carbons (Fsp3) is 0.696. The van der Waals surface area contributed by atoms with Gasteiger partial charge >= 0.3 is 12.5 Å². The second-order valence-electron chi connectivity index (χ2n) is 9.39. The molecule has 0 aromatic carbocycles. The van der Waals surface area contributed by atoms with E-state index in [0.717, 1.165) is 6.20 Å². The van der Waals surface area contributed by atoms with Crippen molar-refractivity contribution in [2.45, 2.75) is 91.3 Å². The molecule has 2 heterocycles. The van der Waals surface area contributed by atoms with Crippen LogP contribution in [0.3, 0.4) is 0 Å². The number of halogens is 3. The van der Waals surface area contributed by atoms with E-state index in [9.17, 15) is 22.8 Å². The molecule has 1 fully saturated rings. The molecule has 1 aromatic rings. The van der Waals surface area contributed by atoms with Gasteiger partial charge in [0, 0.05) is 37.2 Å². The van der Waals surface area contributed by atoms with Crippen molar-refractivity contribution in [1.82, 2.24) is 15.2 Å². The smallest absolute Gasteiger partial charge is 0.444 e. The summed E-state index contributed by atoms with van der Waals surface area (Å²) in [6.45, 7) is 10.2. The molecule has 2 unspecified atom stereocenters. The quantitative estimate of drug-likeness (QED) is 0.670. The van der Waals surface area contributed by atoms with Crippen molar-refractivity contribution in [3.8, 4) is 5.75 Å². The Bertz CT molecular complexity index is 824. The van der Waals surface area contributed by atoms with Crippen LogP contribution >= 0.6 is 0 Å². The maximum atomic E-state index is 12.9. The van der Waals surface area contributed by atoms with Gasteiger partial charge in [-0.2, -0.15) is 0 Å². The summed E-state index contributed by atoms with van der Waals surface area (Å²) in [5, 5.41) is 2.80. The number of nitrogens with zero attached hydrogens (tertiary/aromatic N) is 2. The Hall–Kier alpha value is -2.52. The maximum Gasteiger partial charge on any atom is 0.573 e. The van der Waals surface area contributed by atoms with Crippen LogP contribution in [-0.4, -0.2) is 46.4 Å². The highest BCUT2D eigenvalue weighted by atomic mass is 19.4. The van der Waals surface area contributed by atoms with Gasteiger partial charge in [-0.25, -0.2) is 4.79 Å². The van der Waals surface area contributed by atoms with Crippen molar-refractivity contribution in [3.63, 3.8) is 0 Å². The van der Waals surface area contributed by atoms with E-state index < -0.39 is 23.8 Å². The summed E-state index contributed by atoms with van der Waals surface area (Å²) < 4.78 is 46.5.